The van der Waals surface area contributed by atoms with Gasteiger partial charge in [-0.3, -0.25) is 0 Å². The number of rotatable bonds is 3. The van der Waals surface area contributed by atoms with Crippen LogP contribution in [0.3, 0.4) is 0 Å². The summed E-state index contributed by atoms with van der Waals surface area (Å²) in [6.45, 7) is 0. The van der Waals surface area contributed by atoms with Crippen molar-refractivity contribution in [3.63, 3.8) is 0 Å². The summed E-state index contributed by atoms with van der Waals surface area (Å²) in [6, 6.07) is 13.7. The van der Waals surface area contributed by atoms with Crippen LogP contribution in [0.15, 0.2) is 41.3 Å². The zero-order valence-corrected chi connectivity index (χ0v) is 13.8. The summed E-state index contributed by atoms with van der Waals surface area (Å²) in [4.78, 5) is 0.953. The molecule has 0 heterocycles. The third-order valence-electron chi connectivity index (χ3n) is 2.56. The standard InChI is InChI=1S/C14H10ClIN2S/c1-19-14-4-2-3-12(10(14)8-17)18-13-6-5-9(16)7-11(13)15/h2-7,18H,1H3. The first-order valence-electron chi connectivity index (χ1n) is 5.45. The molecule has 2 rings (SSSR count). The van der Waals surface area contributed by atoms with Gasteiger partial charge in [0.05, 0.1) is 22.0 Å². The maximum absolute atomic E-state index is 9.28. The van der Waals surface area contributed by atoms with Gasteiger partial charge in [-0.2, -0.15) is 5.26 Å². The van der Waals surface area contributed by atoms with Gasteiger partial charge in [-0.1, -0.05) is 17.7 Å². The maximum Gasteiger partial charge on any atom is 0.103 e. The van der Waals surface area contributed by atoms with E-state index in [9.17, 15) is 5.26 Å². The van der Waals surface area contributed by atoms with Gasteiger partial charge in [-0.05, 0) is 59.2 Å². The average molecular weight is 401 g/mol. The van der Waals surface area contributed by atoms with E-state index < -0.39 is 0 Å². The molecule has 0 aliphatic carbocycles. The van der Waals surface area contributed by atoms with Crippen LogP contribution in [0.1, 0.15) is 5.56 Å². The molecule has 0 atom stereocenters. The van der Waals surface area contributed by atoms with Crippen LogP contribution in [0, 0.1) is 14.9 Å². The minimum Gasteiger partial charge on any atom is -0.353 e. The molecule has 0 unspecified atom stereocenters. The molecule has 5 heteroatoms. The van der Waals surface area contributed by atoms with Crippen LogP contribution in [0.25, 0.3) is 0 Å². The lowest BCUT2D eigenvalue weighted by atomic mass is 10.2. The minimum atomic E-state index is 0.643. The van der Waals surface area contributed by atoms with Crippen molar-refractivity contribution >= 4 is 57.3 Å². The molecule has 0 amide bonds. The van der Waals surface area contributed by atoms with Crippen LogP contribution in [0.4, 0.5) is 11.4 Å². The summed E-state index contributed by atoms with van der Waals surface area (Å²) in [5.74, 6) is 0. The molecule has 0 aliphatic rings. The van der Waals surface area contributed by atoms with Gasteiger partial charge < -0.3 is 5.32 Å². The van der Waals surface area contributed by atoms with Crippen molar-refractivity contribution in [3.05, 3.63) is 50.6 Å². The first-order chi connectivity index (χ1) is 9.15. The molecule has 0 bridgehead atoms. The molecular formula is C14H10ClIN2S. The van der Waals surface area contributed by atoms with Crippen molar-refractivity contribution in [2.75, 3.05) is 11.6 Å². The normalized spacial score (nSPS) is 10.0. The van der Waals surface area contributed by atoms with E-state index in [1.54, 1.807) is 11.8 Å². The molecule has 1 N–H and O–H groups in total. The number of hydrogen-bond acceptors (Lipinski definition) is 3. The first kappa shape index (κ1) is 14.5. The number of halogens is 2. The predicted molar refractivity (Wildman–Crippen MR) is 90.4 cm³/mol. The van der Waals surface area contributed by atoms with Crippen LogP contribution in [0.5, 0.6) is 0 Å². The van der Waals surface area contributed by atoms with Crippen LogP contribution >= 0.6 is 46.0 Å². The number of thioether (sulfide) groups is 1. The molecule has 0 fully saturated rings. The Morgan fingerprint density at radius 2 is 2.05 bits per heavy atom. The highest BCUT2D eigenvalue weighted by Gasteiger charge is 2.09. The molecule has 0 radical (unpaired) electrons. The van der Waals surface area contributed by atoms with Gasteiger partial charge in [0.1, 0.15) is 6.07 Å². The Morgan fingerprint density at radius 1 is 1.26 bits per heavy atom. The second-order valence-corrected chi connectivity index (χ2v) is 6.24. The summed E-state index contributed by atoms with van der Waals surface area (Å²) in [6.07, 6.45) is 1.96. The Morgan fingerprint density at radius 3 is 2.68 bits per heavy atom. The van der Waals surface area contributed by atoms with Crippen molar-refractivity contribution in [1.82, 2.24) is 0 Å². The number of nitrogens with one attached hydrogen (secondary N) is 1. The minimum absolute atomic E-state index is 0.643. The second kappa shape index (κ2) is 6.51. The molecule has 0 saturated carbocycles. The molecule has 2 nitrogen and oxygen atoms in total. The summed E-state index contributed by atoms with van der Waals surface area (Å²) in [5.41, 5.74) is 2.22. The SMILES string of the molecule is CSc1cccc(Nc2ccc(I)cc2Cl)c1C#N. The third-order valence-corrected chi connectivity index (χ3v) is 4.32. The number of nitrogens with zero attached hydrogens (tertiary/aromatic N) is 1. The third kappa shape index (κ3) is 3.35. The quantitative estimate of drug-likeness (QED) is 0.562. The van der Waals surface area contributed by atoms with Crippen LogP contribution in [-0.2, 0) is 0 Å². The van der Waals surface area contributed by atoms with Crippen molar-refractivity contribution < 1.29 is 0 Å². The Labute approximate surface area is 135 Å². The maximum atomic E-state index is 9.28. The molecule has 19 heavy (non-hydrogen) atoms. The molecule has 2 aromatic rings. The van der Waals surface area contributed by atoms with Gasteiger partial charge in [0, 0.05) is 8.47 Å². The van der Waals surface area contributed by atoms with E-state index in [0.717, 1.165) is 19.8 Å². The van der Waals surface area contributed by atoms with Gasteiger partial charge in [0.25, 0.3) is 0 Å². The van der Waals surface area contributed by atoms with Crippen molar-refractivity contribution in [2.24, 2.45) is 0 Å². The number of hydrogen-bond donors (Lipinski definition) is 1. The molecule has 2 aromatic carbocycles. The molecular weight excluding hydrogens is 391 g/mol. The van der Waals surface area contributed by atoms with E-state index in [0.29, 0.717) is 10.6 Å². The Hall–Kier alpha value is -0.900. The van der Waals surface area contributed by atoms with E-state index in [-0.39, 0.29) is 0 Å². The first-order valence-corrected chi connectivity index (χ1v) is 8.13. The Balaban J connectivity index is 2.41. The van der Waals surface area contributed by atoms with E-state index >= 15 is 0 Å². The lowest BCUT2D eigenvalue weighted by Crippen LogP contribution is -1.96. The van der Waals surface area contributed by atoms with E-state index in [2.05, 4.69) is 34.0 Å². The summed E-state index contributed by atoms with van der Waals surface area (Å²) in [5, 5.41) is 13.2. The van der Waals surface area contributed by atoms with Crippen LogP contribution in [-0.4, -0.2) is 6.26 Å². The topological polar surface area (TPSA) is 35.8 Å². The van der Waals surface area contributed by atoms with E-state index in [4.69, 9.17) is 11.6 Å². The highest BCUT2D eigenvalue weighted by Crippen LogP contribution is 2.31. The largest absolute Gasteiger partial charge is 0.353 e. The molecule has 0 saturated heterocycles. The van der Waals surface area contributed by atoms with Gasteiger partial charge in [-0.25, -0.2) is 0 Å². The number of benzene rings is 2. The van der Waals surface area contributed by atoms with Crippen LogP contribution in [0.2, 0.25) is 5.02 Å². The van der Waals surface area contributed by atoms with E-state index in [1.165, 1.54) is 0 Å². The fourth-order valence-corrected chi connectivity index (χ4v) is 3.13. The molecule has 0 aromatic heterocycles. The van der Waals surface area contributed by atoms with Crippen molar-refractivity contribution in [1.29, 1.82) is 5.26 Å². The van der Waals surface area contributed by atoms with Gasteiger partial charge in [0.2, 0.25) is 0 Å². The monoisotopic (exact) mass is 400 g/mol. The molecule has 0 aliphatic heterocycles. The highest BCUT2D eigenvalue weighted by molar-refractivity contribution is 14.1. The van der Waals surface area contributed by atoms with Gasteiger partial charge >= 0.3 is 0 Å². The second-order valence-electron chi connectivity index (χ2n) is 3.74. The fraction of sp³-hybridized carbons (Fsp3) is 0.0714. The highest BCUT2D eigenvalue weighted by atomic mass is 127. The summed E-state index contributed by atoms with van der Waals surface area (Å²) in [7, 11) is 0. The van der Waals surface area contributed by atoms with E-state index in [1.807, 2.05) is 42.7 Å². The zero-order chi connectivity index (χ0) is 13.8. The lowest BCUT2D eigenvalue weighted by molar-refractivity contribution is 1.36. The van der Waals surface area contributed by atoms with Crippen molar-refractivity contribution in [2.45, 2.75) is 4.90 Å². The number of nitriles is 1. The van der Waals surface area contributed by atoms with Crippen molar-refractivity contribution in [3.8, 4) is 6.07 Å². The summed E-state index contributed by atoms with van der Waals surface area (Å²) >= 11 is 9.96. The zero-order valence-electron chi connectivity index (χ0n) is 10.1. The Kier molecular flexibility index (Phi) is 4.97. The van der Waals surface area contributed by atoms with Gasteiger partial charge in [0.15, 0.2) is 0 Å². The predicted octanol–water partition coefficient (Wildman–Crippen LogP) is 5.28. The smallest absolute Gasteiger partial charge is 0.103 e. The number of anilines is 2. The lowest BCUT2D eigenvalue weighted by Gasteiger charge is -2.12. The molecule has 0 spiro atoms. The van der Waals surface area contributed by atoms with Crippen LogP contribution < -0.4 is 5.32 Å². The van der Waals surface area contributed by atoms with Gasteiger partial charge in [-0.15, -0.1) is 11.8 Å². The Bertz CT molecular complexity index is 652. The molecule has 96 valence electrons. The fourth-order valence-electron chi connectivity index (χ4n) is 1.66. The summed E-state index contributed by atoms with van der Waals surface area (Å²) < 4.78 is 1.08. The average Bonchev–Trinajstić information content (AvgIpc) is 2.41.